The third kappa shape index (κ3) is 4.04. The number of ether oxygens (including phenoxy) is 1. The van der Waals surface area contributed by atoms with Crippen LogP contribution in [0.15, 0.2) is 24.3 Å². The van der Waals surface area contributed by atoms with Crippen molar-refractivity contribution in [2.75, 3.05) is 13.7 Å². The molecular formula is C19H26N6O2. The Labute approximate surface area is 158 Å². The summed E-state index contributed by atoms with van der Waals surface area (Å²) < 4.78 is 7.16. The zero-order valence-electron chi connectivity index (χ0n) is 15.7. The second-order valence-electron chi connectivity index (χ2n) is 7.34. The first-order valence-corrected chi connectivity index (χ1v) is 9.68. The number of hydrogen-bond acceptors (Lipinski definition) is 5. The van der Waals surface area contributed by atoms with Gasteiger partial charge in [0.25, 0.3) is 0 Å². The standard InChI is InChI=1S/C19H26N6O2/c1-27-17-6-2-4-14(13-17)12-16-5-3-10-24(16)19(26)20-15-7-8-18-21-22-23-25(18)11-9-15/h2,4,6,13,15-16H,3,5,7-12H2,1H3,(H,20,26). The smallest absolute Gasteiger partial charge is 0.317 e. The van der Waals surface area contributed by atoms with E-state index in [-0.39, 0.29) is 18.1 Å². The number of urea groups is 1. The number of hydrogen-bond donors (Lipinski definition) is 1. The fraction of sp³-hybridized carbons (Fsp3) is 0.579. The Balaban J connectivity index is 1.35. The first-order chi connectivity index (χ1) is 13.2. The highest BCUT2D eigenvalue weighted by Gasteiger charge is 2.30. The summed E-state index contributed by atoms with van der Waals surface area (Å²) in [6.07, 6.45) is 5.49. The Morgan fingerprint density at radius 1 is 1.30 bits per heavy atom. The van der Waals surface area contributed by atoms with Crippen LogP contribution >= 0.6 is 0 Å². The lowest BCUT2D eigenvalue weighted by atomic mass is 10.0. The van der Waals surface area contributed by atoms with Crippen LogP contribution in [0.5, 0.6) is 5.75 Å². The van der Waals surface area contributed by atoms with E-state index in [0.717, 1.165) is 63.2 Å². The highest BCUT2D eigenvalue weighted by molar-refractivity contribution is 5.75. The molecule has 1 saturated heterocycles. The summed E-state index contributed by atoms with van der Waals surface area (Å²) in [7, 11) is 1.68. The highest BCUT2D eigenvalue weighted by Crippen LogP contribution is 2.23. The van der Waals surface area contributed by atoms with Crippen molar-refractivity contribution in [3.05, 3.63) is 35.7 Å². The molecule has 2 atom stereocenters. The fourth-order valence-corrected chi connectivity index (χ4v) is 4.09. The lowest BCUT2D eigenvalue weighted by Crippen LogP contribution is -2.47. The maximum Gasteiger partial charge on any atom is 0.317 e. The Hall–Kier alpha value is -2.64. The number of fused-ring (bicyclic) bond motifs is 1. The summed E-state index contributed by atoms with van der Waals surface area (Å²) >= 11 is 0. The first-order valence-electron chi connectivity index (χ1n) is 9.68. The zero-order chi connectivity index (χ0) is 18.6. The minimum atomic E-state index is 0.0519. The summed E-state index contributed by atoms with van der Waals surface area (Å²) in [5.74, 6) is 1.77. The molecule has 1 aromatic heterocycles. The van der Waals surface area contributed by atoms with Crippen molar-refractivity contribution in [2.24, 2.45) is 0 Å². The summed E-state index contributed by atoms with van der Waals surface area (Å²) in [5, 5.41) is 15.0. The number of carbonyl (C=O) groups is 1. The minimum Gasteiger partial charge on any atom is -0.497 e. The van der Waals surface area contributed by atoms with Crippen molar-refractivity contribution in [2.45, 2.75) is 57.2 Å². The summed E-state index contributed by atoms with van der Waals surface area (Å²) in [6.45, 7) is 1.57. The average Bonchev–Trinajstić information content (AvgIpc) is 3.29. The Bertz CT molecular complexity index is 770. The van der Waals surface area contributed by atoms with E-state index < -0.39 is 0 Å². The number of tetrazole rings is 1. The molecule has 0 radical (unpaired) electrons. The van der Waals surface area contributed by atoms with Gasteiger partial charge in [-0.25, -0.2) is 9.48 Å². The van der Waals surface area contributed by atoms with E-state index in [1.54, 1.807) is 7.11 Å². The molecule has 2 unspecified atom stereocenters. The van der Waals surface area contributed by atoms with Crippen LogP contribution < -0.4 is 10.1 Å². The van der Waals surface area contributed by atoms with E-state index in [9.17, 15) is 4.79 Å². The molecule has 1 fully saturated rings. The molecule has 2 aliphatic rings. The number of rotatable bonds is 4. The third-order valence-corrected chi connectivity index (χ3v) is 5.58. The van der Waals surface area contributed by atoms with Gasteiger partial charge in [-0.3, -0.25) is 0 Å². The molecule has 2 aliphatic heterocycles. The van der Waals surface area contributed by atoms with E-state index in [1.807, 2.05) is 21.7 Å². The van der Waals surface area contributed by atoms with Crippen molar-refractivity contribution < 1.29 is 9.53 Å². The van der Waals surface area contributed by atoms with E-state index in [0.29, 0.717) is 0 Å². The molecule has 8 heteroatoms. The molecule has 0 bridgehead atoms. The van der Waals surface area contributed by atoms with Crippen molar-refractivity contribution >= 4 is 6.03 Å². The van der Waals surface area contributed by atoms with Crippen LogP contribution in [0.3, 0.4) is 0 Å². The normalized spacial score (nSPS) is 22.2. The van der Waals surface area contributed by atoms with Gasteiger partial charge in [-0.05, 0) is 60.2 Å². The number of benzene rings is 1. The van der Waals surface area contributed by atoms with E-state index in [4.69, 9.17) is 4.74 Å². The van der Waals surface area contributed by atoms with Crippen LogP contribution in [-0.2, 0) is 19.4 Å². The Kier molecular flexibility index (Phi) is 5.22. The van der Waals surface area contributed by atoms with Crippen molar-refractivity contribution in [3.8, 4) is 5.75 Å². The number of amides is 2. The van der Waals surface area contributed by atoms with Gasteiger partial charge in [0, 0.05) is 31.6 Å². The molecule has 2 amide bonds. The van der Waals surface area contributed by atoms with Crippen LogP contribution in [0.1, 0.15) is 37.1 Å². The van der Waals surface area contributed by atoms with Gasteiger partial charge in [0.05, 0.1) is 7.11 Å². The van der Waals surface area contributed by atoms with Gasteiger partial charge >= 0.3 is 6.03 Å². The monoisotopic (exact) mass is 370 g/mol. The SMILES string of the molecule is COc1cccc(CC2CCCN2C(=O)NC2CCc3nnnn3CC2)c1. The average molecular weight is 370 g/mol. The van der Waals surface area contributed by atoms with Crippen LogP contribution in [0.25, 0.3) is 0 Å². The molecule has 2 aromatic rings. The molecule has 0 saturated carbocycles. The predicted octanol–water partition coefficient (Wildman–Crippen LogP) is 1.80. The molecule has 4 rings (SSSR count). The minimum absolute atomic E-state index is 0.0519. The van der Waals surface area contributed by atoms with Gasteiger partial charge in [0.1, 0.15) is 5.75 Å². The van der Waals surface area contributed by atoms with Crippen LogP contribution in [0.4, 0.5) is 4.79 Å². The number of nitrogens with one attached hydrogen (secondary N) is 1. The largest absolute Gasteiger partial charge is 0.497 e. The summed E-state index contributed by atoms with van der Waals surface area (Å²) in [4.78, 5) is 14.9. The van der Waals surface area contributed by atoms with Crippen LogP contribution in [0, 0.1) is 0 Å². The number of methoxy groups -OCH3 is 1. The number of aryl methyl sites for hydroxylation is 2. The molecule has 144 valence electrons. The quantitative estimate of drug-likeness (QED) is 0.887. The number of aromatic nitrogens is 4. The molecule has 1 N–H and O–H groups in total. The maximum atomic E-state index is 12.9. The molecular weight excluding hydrogens is 344 g/mol. The van der Waals surface area contributed by atoms with Gasteiger partial charge in [-0.1, -0.05) is 12.1 Å². The molecule has 0 spiro atoms. The zero-order valence-corrected chi connectivity index (χ0v) is 15.7. The Morgan fingerprint density at radius 2 is 2.22 bits per heavy atom. The molecule has 0 aliphatic carbocycles. The number of carbonyl (C=O) groups excluding carboxylic acids is 1. The third-order valence-electron chi connectivity index (χ3n) is 5.58. The van der Waals surface area contributed by atoms with Gasteiger partial charge < -0.3 is 15.0 Å². The first kappa shape index (κ1) is 17.8. The van der Waals surface area contributed by atoms with Gasteiger partial charge in [-0.15, -0.1) is 5.10 Å². The summed E-state index contributed by atoms with van der Waals surface area (Å²) in [6, 6.07) is 8.56. The maximum absolute atomic E-state index is 12.9. The summed E-state index contributed by atoms with van der Waals surface area (Å²) in [5.41, 5.74) is 1.21. The lowest BCUT2D eigenvalue weighted by Gasteiger charge is -2.27. The van der Waals surface area contributed by atoms with Crippen molar-refractivity contribution in [1.29, 1.82) is 0 Å². The van der Waals surface area contributed by atoms with Crippen molar-refractivity contribution in [3.63, 3.8) is 0 Å². The second-order valence-corrected chi connectivity index (χ2v) is 7.34. The molecule has 8 nitrogen and oxygen atoms in total. The van der Waals surface area contributed by atoms with Gasteiger partial charge in [-0.2, -0.15) is 0 Å². The highest BCUT2D eigenvalue weighted by atomic mass is 16.5. The van der Waals surface area contributed by atoms with E-state index >= 15 is 0 Å². The number of likely N-dealkylation sites (tertiary alicyclic amines) is 1. The lowest BCUT2D eigenvalue weighted by molar-refractivity contribution is 0.186. The van der Waals surface area contributed by atoms with E-state index in [1.165, 1.54) is 5.56 Å². The Morgan fingerprint density at radius 3 is 3.11 bits per heavy atom. The second kappa shape index (κ2) is 7.94. The topological polar surface area (TPSA) is 85.2 Å². The molecule has 1 aromatic carbocycles. The molecule has 27 heavy (non-hydrogen) atoms. The van der Waals surface area contributed by atoms with Gasteiger partial charge in [0.15, 0.2) is 5.82 Å². The predicted molar refractivity (Wildman–Crippen MR) is 99.5 cm³/mol. The van der Waals surface area contributed by atoms with Crippen LogP contribution in [-0.4, -0.2) is 56.9 Å². The van der Waals surface area contributed by atoms with Crippen molar-refractivity contribution in [1.82, 2.24) is 30.4 Å². The van der Waals surface area contributed by atoms with Gasteiger partial charge in [0.2, 0.25) is 0 Å². The molecule has 3 heterocycles. The van der Waals surface area contributed by atoms with E-state index in [2.05, 4.69) is 33.0 Å². The fourth-order valence-electron chi connectivity index (χ4n) is 4.09. The number of nitrogens with zero attached hydrogens (tertiary/aromatic N) is 5. The van der Waals surface area contributed by atoms with Crippen LogP contribution in [0.2, 0.25) is 0 Å².